The van der Waals surface area contributed by atoms with Gasteiger partial charge in [-0.15, -0.1) is 0 Å². The summed E-state index contributed by atoms with van der Waals surface area (Å²) in [6.45, 7) is 0. The van der Waals surface area contributed by atoms with Crippen LogP contribution in [0.5, 0.6) is 0 Å². The van der Waals surface area contributed by atoms with Gasteiger partial charge < -0.3 is 5.32 Å². The number of carbonyl (C=O) groups excluding carboxylic acids is 2. The highest BCUT2D eigenvalue weighted by molar-refractivity contribution is 6.08. The minimum absolute atomic E-state index is 0.295. The predicted octanol–water partition coefficient (Wildman–Crippen LogP) is 0.955. The fourth-order valence-corrected chi connectivity index (χ4v) is 3.28. The average molecular weight is 277 g/mol. The van der Waals surface area contributed by atoms with Crippen molar-refractivity contribution in [3.8, 4) is 0 Å². The molecule has 1 saturated carbocycles. The number of hydrogen-bond donors (Lipinski definition) is 2. The maximum absolute atomic E-state index is 13.5. The number of carbonyl (C=O) groups is 2. The third-order valence-corrected chi connectivity index (χ3v) is 4.42. The zero-order chi connectivity index (χ0) is 14.5. The Balaban J connectivity index is 1.95. The Morgan fingerprint density at radius 3 is 2.45 bits per heavy atom. The van der Waals surface area contributed by atoms with Gasteiger partial charge in [-0.25, -0.2) is 9.18 Å². The van der Waals surface area contributed by atoms with Crippen molar-refractivity contribution >= 4 is 11.9 Å². The summed E-state index contributed by atoms with van der Waals surface area (Å²) >= 11 is 0. The first-order valence-corrected chi connectivity index (χ1v) is 6.45. The van der Waals surface area contributed by atoms with Crippen LogP contribution < -0.4 is 10.6 Å². The molecule has 1 heterocycles. The molecule has 1 aliphatic heterocycles. The summed E-state index contributed by atoms with van der Waals surface area (Å²) in [5.74, 6) is -0.596. The molecule has 0 radical (unpaired) electrons. The van der Waals surface area contributed by atoms with Gasteiger partial charge in [-0.1, -0.05) is 12.1 Å². The molecule has 20 heavy (non-hydrogen) atoms. The van der Waals surface area contributed by atoms with Gasteiger partial charge in [0, 0.05) is 12.8 Å². The fourth-order valence-electron chi connectivity index (χ4n) is 3.28. The van der Waals surface area contributed by atoms with Crippen molar-refractivity contribution in [3.63, 3.8) is 0 Å². The minimum atomic E-state index is -0.854. The molecule has 1 aromatic carbocycles. The molecule has 1 aromatic rings. The molecule has 1 aliphatic carbocycles. The lowest BCUT2D eigenvalue weighted by Gasteiger charge is -2.56. The van der Waals surface area contributed by atoms with Crippen molar-refractivity contribution in [2.24, 2.45) is 0 Å². The van der Waals surface area contributed by atoms with Crippen LogP contribution >= 0.6 is 0 Å². The van der Waals surface area contributed by atoms with Crippen LogP contribution in [0.4, 0.5) is 9.18 Å². The third kappa shape index (κ3) is 1.64. The van der Waals surface area contributed by atoms with E-state index in [9.17, 15) is 14.0 Å². The number of hydrogen-bond acceptors (Lipinski definition) is 3. The number of nitrogens with one attached hydrogen (secondary N) is 2. The summed E-state index contributed by atoms with van der Waals surface area (Å²) < 4.78 is 13.5. The lowest BCUT2D eigenvalue weighted by Crippen LogP contribution is -2.68. The lowest BCUT2D eigenvalue weighted by atomic mass is 9.59. The molecule has 3 rings (SSSR count). The molecule has 2 aliphatic rings. The van der Waals surface area contributed by atoms with Gasteiger partial charge in [0.15, 0.2) is 0 Å². The van der Waals surface area contributed by atoms with E-state index in [1.807, 2.05) is 25.1 Å². The topological polar surface area (TPSA) is 61.4 Å². The molecule has 1 spiro atoms. The Bertz CT molecular complexity index is 594. The van der Waals surface area contributed by atoms with Crippen molar-refractivity contribution in [2.75, 3.05) is 14.1 Å². The molecule has 6 heteroatoms. The summed E-state index contributed by atoms with van der Waals surface area (Å²) in [4.78, 5) is 25.2. The van der Waals surface area contributed by atoms with Crippen molar-refractivity contribution < 1.29 is 14.0 Å². The van der Waals surface area contributed by atoms with E-state index in [2.05, 4.69) is 10.6 Å². The van der Waals surface area contributed by atoms with E-state index in [-0.39, 0.29) is 11.7 Å². The van der Waals surface area contributed by atoms with Gasteiger partial charge >= 0.3 is 6.03 Å². The second kappa shape index (κ2) is 4.02. The molecular formula is C14H16FN3O2. The van der Waals surface area contributed by atoms with Crippen LogP contribution in [-0.4, -0.2) is 36.5 Å². The molecular weight excluding hydrogens is 261 g/mol. The number of benzene rings is 1. The van der Waals surface area contributed by atoms with E-state index in [0.717, 1.165) is 5.56 Å². The number of urea groups is 1. The Hall–Kier alpha value is -1.95. The van der Waals surface area contributed by atoms with Gasteiger partial charge in [0.25, 0.3) is 5.91 Å². The first-order chi connectivity index (χ1) is 9.38. The Kier molecular flexibility index (Phi) is 2.62. The molecule has 106 valence electrons. The van der Waals surface area contributed by atoms with Crippen LogP contribution in [0.25, 0.3) is 0 Å². The van der Waals surface area contributed by atoms with E-state index in [0.29, 0.717) is 12.8 Å². The molecule has 0 aromatic heterocycles. The lowest BCUT2D eigenvalue weighted by molar-refractivity contribution is -0.134. The van der Waals surface area contributed by atoms with Gasteiger partial charge in [-0.05, 0) is 31.8 Å². The number of imide groups is 1. The average Bonchev–Trinajstić information content (AvgIpc) is 2.61. The van der Waals surface area contributed by atoms with Crippen LogP contribution in [0.2, 0.25) is 0 Å². The van der Waals surface area contributed by atoms with E-state index < -0.39 is 17.1 Å². The zero-order valence-corrected chi connectivity index (χ0v) is 11.4. The van der Waals surface area contributed by atoms with E-state index in [1.54, 1.807) is 6.07 Å². The molecule has 3 amide bonds. The SMILES string of the molecule is CN(C)[C@]1(c2cccc(F)c2)C[C@@]2(C1)NC(=O)NC2=O. The molecule has 2 N–H and O–H groups in total. The summed E-state index contributed by atoms with van der Waals surface area (Å²) in [6, 6.07) is 5.94. The molecule has 0 unspecified atom stereocenters. The van der Waals surface area contributed by atoms with Crippen LogP contribution in [0, 0.1) is 5.82 Å². The van der Waals surface area contributed by atoms with Gasteiger partial charge in [0.2, 0.25) is 0 Å². The van der Waals surface area contributed by atoms with Crippen LogP contribution in [0.3, 0.4) is 0 Å². The Morgan fingerprint density at radius 1 is 1.25 bits per heavy atom. The maximum Gasteiger partial charge on any atom is 0.322 e. The van der Waals surface area contributed by atoms with Gasteiger partial charge in [0.1, 0.15) is 11.4 Å². The van der Waals surface area contributed by atoms with Gasteiger partial charge in [-0.2, -0.15) is 0 Å². The van der Waals surface area contributed by atoms with Crippen LogP contribution in [0.15, 0.2) is 24.3 Å². The summed E-state index contributed by atoms with van der Waals surface area (Å²) in [7, 11) is 3.79. The summed E-state index contributed by atoms with van der Waals surface area (Å²) in [6.07, 6.45) is 0.877. The number of halogens is 1. The molecule has 0 atom stereocenters. The molecule has 1 saturated heterocycles. The Morgan fingerprint density at radius 2 is 1.95 bits per heavy atom. The Labute approximate surface area is 116 Å². The second-order valence-corrected chi connectivity index (χ2v) is 5.78. The molecule has 2 fully saturated rings. The van der Waals surface area contributed by atoms with E-state index in [4.69, 9.17) is 0 Å². The van der Waals surface area contributed by atoms with Crippen molar-refractivity contribution in [1.82, 2.24) is 15.5 Å². The summed E-state index contributed by atoms with van der Waals surface area (Å²) in [5, 5.41) is 4.96. The molecule has 0 bridgehead atoms. The van der Waals surface area contributed by atoms with Crippen LogP contribution in [-0.2, 0) is 10.3 Å². The van der Waals surface area contributed by atoms with Gasteiger partial charge in [-0.3, -0.25) is 15.0 Å². The highest BCUT2D eigenvalue weighted by atomic mass is 19.1. The number of rotatable bonds is 2. The largest absolute Gasteiger partial charge is 0.323 e. The third-order valence-electron chi connectivity index (χ3n) is 4.42. The number of amides is 3. The normalized spacial score (nSPS) is 32.2. The van der Waals surface area contributed by atoms with Crippen molar-refractivity contribution in [3.05, 3.63) is 35.6 Å². The minimum Gasteiger partial charge on any atom is -0.323 e. The van der Waals surface area contributed by atoms with Crippen molar-refractivity contribution in [2.45, 2.75) is 23.9 Å². The second-order valence-electron chi connectivity index (χ2n) is 5.78. The number of nitrogens with zero attached hydrogens (tertiary/aromatic N) is 1. The first-order valence-electron chi connectivity index (χ1n) is 6.45. The summed E-state index contributed by atoms with van der Waals surface area (Å²) in [5.41, 5.74) is -0.466. The fraction of sp³-hybridized carbons (Fsp3) is 0.429. The monoisotopic (exact) mass is 277 g/mol. The highest BCUT2D eigenvalue weighted by Crippen LogP contribution is 2.52. The molecule has 5 nitrogen and oxygen atoms in total. The first kappa shape index (κ1) is 13.1. The quantitative estimate of drug-likeness (QED) is 0.791. The van der Waals surface area contributed by atoms with Crippen LogP contribution in [0.1, 0.15) is 18.4 Å². The highest BCUT2D eigenvalue weighted by Gasteiger charge is 2.64. The smallest absolute Gasteiger partial charge is 0.322 e. The van der Waals surface area contributed by atoms with Crippen molar-refractivity contribution in [1.29, 1.82) is 0 Å². The predicted molar refractivity (Wildman–Crippen MR) is 70.4 cm³/mol. The van der Waals surface area contributed by atoms with E-state index >= 15 is 0 Å². The zero-order valence-electron chi connectivity index (χ0n) is 11.4. The van der Waals surface area contributed by atoms with Gasteiger partial charge in [0.05, 0.1) is 5.54 Å². The standard InChI is InChI=1S/C14H16FN3O2/c1-18(2)14(9-4-3-5-10(15)6-9)7-13(8-14)11(19)16-12(20)17-13/h3-6H,7-8H2,1-2H3,(H2,16,17,19,20)/t13-,14+. The van der Waals surface area contributed by atoms with E-state index in [1.165, 1.54) is 12.1 Å². The maximum atomic E-state index is 13.5.